The Kier molecular flexibility index (Phi) is 4.56. The highest BCUT2D eigenvalue weighted by atomic mass is 35.5. The van der Waals surface area contributed by atoms with Crippen LogP contribution in [0.2, 0.25) is 5.02 Å². The van der Waals surface area contributed by atoms with E-state index in [2.05, 4.69) is 22.9 Å². The van der Waals surface area contributed by atoms with Crippen LogP contribution >= 0.6 is 23.4 Å². The maximum Gasteiger partial charge on any atom is 0.137 e. The Balaban J connectivity index is 1.78. The van der Waals surface area contributed by atoms with Crippen LogP contribution in [0.25, 0.3) is 0 Å². The largest absolute Gasteiger partial charge is 0.304 e. The summed E-state index contributed by atoms with van der Waals surface area (Å²) < 4.78 is 14.6. The topological polar surface area (TPSA) is 6.48 Å². The Hall–Kier alpha value is -1.07. The second-order valence-corrected chi connectivity index (χ2v) is 8.06. The van der Waals surface area contributed by atoms with E-state index in [1.54, 1.807) is 6.07 Å². The fourth-order valence-electron chi connectivity index (χ4n) is 3.59. The van der Waals surface area contributed by atoms with Gasteiger partial charge in [-0.15, -0.1) is 0 Å². The van der Waals surface area contributed by atoms with Crippen molar-refractivity contribution in [3.63, 3.8) is 0 Å². The van der Waals surface area contributed by atoms with E-state index in [0.29, 0.717) is 0 Å². The van der Waals surface area contributed by atoms with E-state index >= 15 is 0 Å². The van der Waals surface area contributed by atoms with Crippen LogP contribution in [-0.4, -0.2) is 43.0 Å². The number of rotatable bonds is 1. The van der Waals surface area contributed by atoms with Crippen LogP contribution in [-0.2, 0) is 6.42 Å². The molecule has 0 aromatic heterocycles. The van der Waals surface area contributed by atoms with Crippen molar-refractivity contribution in [1.82, 2.24) is 9.80 Å². The molecule has 5 heteroatoms. The van der Waals surface area contributed by atoms with E-state index in [0.717, 1.165) is 53.0 Å². The molecule has 2 aromatic rings. The van der Waals surface area contributed by atoms with Crippen molar-refractivity contribution >= 4 is 23.4 Å². The normalized spacial score (nSPS) is 21.9. The van der Waals surface area contributed by atoms with Gasteiger partial charge in [0.2, 0.25) is 0 Å². The molecule has 0 amide bonds. The van der Waals surface area contributed by atoms with E-state index in [4.69, 9.17) is 11.6 Å². The van der Waals surface area contributed by atoms with Gasteiger partial charge in [-0.1, -0.05) is 35.5 Å². The molecule has 1 atom stereocenters. The maximum atomic E-state index is 14.6. The van der Waals surface area contributed by atoms with Crippen molar-refractivity contribution in [2.75, 3.05) is 33.2 Å². The molecule has 0 N–H and O–H groups in total. The minimum Gasteiger partial charge on any atom is -0.304 e. The first-order chi connectivity index (χ1) is 11.6. The summed E-state index contributed by atoms with van der Waals surface area (Å²) >= 11 is 7.76. The number of likely N-dealkylation sites (N-methyl/N-ethyl adjacent to an activating group) is 1. The first-order valence-corrected chi connectivity index (χ1v) is 9.48. The molecule has 1 saturated heterocycles. The van der Waals surface area contributed by atoms with Gasteiger partial charge in [0.1, 0.15) is 5.82 Å². The summed E-state index contributed by atoms with van der Waals surface area (Å²) in [7, 11) is 2.16. The van der Waals surface area contributed by atoms with E-state index < -0.39 is 0 Å². The third-order valence-corrected chi connectivity index (χ3v) is 6.47. The Morgan fingerprint density at radius 3 is 2.71 bits per heavy atom. The Labute approximate surface area is 151 Å². The molecule has 0 radical (unpaired) electrons. The molecule has 1 unspecified atom stereocenters. The summed E-state index contributed by atoms with van der Waals surface area (Å²) in [6.07, 6.45) is 0.878. The van der Waals surface area contributed by atoms with Gasteiger partial charge in [-0.3, -0.25) is 4.90 Å². The van der Waals surface area contributed by atoms with Crippen LogP contribution in [0.3, 0.4) is 0 Å². The number of fused-ring (bicyclic) bond motifs is 2. The average molecular weight is 363 g/mol. The average Bonchev–Trinajstić information content (AvgIpc) is 2.73. The lowest BCUT2D eigenvalue weighted by Crippen LogP contribution is -2.46. The first-order valence-electron chi connectivity index (χ1n) is 8.29. The van der Waals surface area contributed by atoms with E-state index in [9.17, 15) is 4.39 Å². The second kappa shape index (κ2) is 6.68. The molecule has 2 aliphatic heterocycles. The van der Waals surface area contributed by atoms with Gasteiger partial charge in [-0.2, -0.15) is 0 Å². The van der Waals surface area contributed by atoms with E-state index in [-0.39, 0.29) is 11.9 Å². The summed E-state index contributed by atoms with van der Waals surface area (Å²) in [6, 6.07) is 11.6. The van der Waals surface area contributed by atoms with Crippen molar-refractivity contribution in [2.24, 2.45) is 0 Å². The lowest BCUT2D eigenvalue weighted by molar-refractivity contribution is 0.109. The molecule has 0 saturated carbocycles. The lowest BCUT2D eigenvalue weighted by atomic mass is 9.96. The zero-order chi connectivity index (χ0) is 16.7. The molecule has 126 valence electrons. The molecule has 0 bridgehead atoms. The minimum absolute atomic E-state index is 0.126. The van der Waals surface area contributed by atoms with Crippen molar-refractivity contribution in [2.45, 2.75) is 22.3 Å². The summed E-state index contributed by atoms with van der Waals surface area (Å²) in [6.45, 7) is 4.13. The zero-order valence-corrected chi connectivity index (χ0v) is 15.2. The Bertz CT molecular complexity index is 759. The van der Waals surface area contributed by atoms with Gasteiger partial charge in [0, 0.05) is 42.1 Å². The fraction of sp³-hybridized carbons (Fsp3) is 0.368. The highest BCUT2D eigenvalue weighted by Crippen LogP contribution is 2.44. The Morgan fingerprint density at radius 2 is 1.92 bits per heavy atom. The van der Waals surface area contributed by atoms with Crippen LogP contribution in [0.4, 0.5) is 4.39 Å². The highest BCUT2D eigenvalue weighted by molar-refractivity contribution is 7.99. The minimum atomic E-state index is -0.126. The highest BCUT2D eigenvalue weighted by Gasteiger charge is 2.30. The van der Waals surface area contributed by atoms with Crippen LogP contribution in [0.1, 0.15) is 17.2 Å². The Morgan fingerprint density at radius 1 is 1.12 bits per heavy atom. The number of hydrogen-bond donors (Lipinski definition) is 0. The molecule has 1 fully saturated rings. The van der Waals surface area contributed by atoms with Gasteiger partial charge in [-0.25, -0.2) is 4.39 Å². The smallest absolute Gasteiger partial charge is 0.137 e. The molecule has 2 aromatic carbocycles. The third kappa shape index (κ3) is 3.08. The lowest BCUT2D eigenvalue weighted by Gasteiger charge is -2.38. The maximum absolute atomic E-state index is 14.6. The number of nitrogens with zero attached hydrogens (tertiary/aromatic N) is 2. The number of benzene rings is 2. The molecule has 2 nitrogen and oxygen atoms in total. The zero-order valence-electron chi connectivity index (χ0n) is 13.6. The monoisotopic (exact) mass is 362 g/mol. The molecule has 2 aliphatic rings. The van der Waals surface area contributed by atoms with E-state index in [1.807, 2.05) is 24.3 Å². The molecular weight excluding hydrogens is 343 g/mol. The van der Waals surface area contributed by atoms with Gasteiger partial charge in [0.05, 0.1) is 4.90 Å². The predicted molar refractivity (Wildman–Crippen MR) is 97.5 cm³/mol. The molecule has 2 heterocycles. The van der Waals surface area contributed by atoms with E-state index in [1.165, 1.54) is 17.3 Å². The SMILES string of the molecule is CN1CCN(C2Cc3cc(Cl)ccc3Sc3c(F)cccc32)CC1. The van der Waals surface area contributed by atoms with Gasteiger partial charge < -0.3 is 4.90 Å². The van der Waals surface area contributed by atoms with Crippen LogP contribution < -0.4 is 0 Å². The van der Waals surface area contributed by atoms with Crippen LogP contribution in [0.15, 0.2) is 46.2 Å². The van der Waals surface area contributed by atoms with Crippen LogP contribution in [0.5, 0.6) is 0 Å². The quantitative estimate of drug-likeness (QED) is 0.738. The van der Waals surface area contributed by atoms with Gasteiger partial charge >= 0.3 is 0 Å². The van der Waals surface area contributed by atoms with Crippen molar-refractivity contribution in [3.05, 3.63) is 58.4 Å². The number of piperazine rings is 1. The molecule has 0 aliphatic carbocycles. The summed E-state index contributed by atoms with van der Waals surface area (Å²) in [5.74, 6) is -0.126. The third-order valence-electron chi connectivity index (χ3n) is 4.98. The molecular formula is C19H20ClFN2S. The van der Waals surface area contributed by atoms with Gasteiger partial charge in [0.25, 0.3) is 0 Å². The van der Waals surface area contributed by atoms with Crippen molar-refractivity contribution in [1.29, 1.82) is 0 Å². The fourth-order valence-corrected chi connectivity index (χ4v) is 4.90. The molecule has 24 heavy (non-hydrogen) atoms. The number of halogens is 2. The van der Waals surface area contributed by atoms with Gasteiger partial charge in [0.15, 0.2) is 0 Å². The number of hydrogen-bond acceptors (Lipinski definition) is 3. The summed E-state index contributed by atoms with van der Waals surface area (Å²) in [4.78, 5) is 6.72. The van der Waals surface area contributed by atoms with Crippen molar-refractivity contribution in [3.8, 4) is 0 Å². The van der Waals surface area contributed by atoms with Crippen LogP contribution in [0, 0.1) is 5.82 Å². The van der Waals surface area contributed by atoms with Gasteiger partial charge in [-0.05, 0) is 48.9 Å². The van der Waals surface area contributed by atoms with Crippen molar-refractivity contribution < 1.29 is 4.39 Å². The molecule has 0 spiro atoms. The predicted octanol–water partition coefficient (Wildman–Crippen LogP) is 4.47. The second-order valence-electron chi connectivity index (χ2n) is 6.57. The molecule has 4 rings (SSSR count). The standard InChI is InChI=1S/C19H20ClFN2S/c1-22-7-9-23(10-8-22)17-12-13-11-14(20)5-6-18(13)24-19-15(17)3-2-4-16(19)21/h2-6,11,17H,7-10,12H2,1H3. The summed E-state index contributed by atoms with van der Waals surface area (Å²) in [5, 5.41) is 0.748. The first kappa shape index (κ1) is 16.4. The summed E-state index contributed by atoms with van der Waals surface area (Å²) in [5.41, 5.74) is 2.32.